The number of amides is 2. The number of sulfonamides is 1. The summed E-state index contributed by atoms with van der Waals surface area (Å²) < 4.78 is 37.8. The van der Waals surface area contributed by atoms with Gasteiger partial charge in [-0.25, -0.2) is 17.9 Å². The highest BCUT2D eigenvalue weighted by Crippen LogP contribution is 2.29. The van der Waals surface area contributed by atoms with Gasteiger partial charge in [-0.3, -0.25) is 0 Å². The molecule has 11 heteroatoms. The van der Waals surface area contributed by atoms with Gasteiger partial charge < -0.3 is 19.9 Å². The molecule has 1 aliphatic rings. The number of aryl methyl sites for hydroxylation is 1. The van der Waals surface area contributed by atoms with E-state index in [-0.39, 0.29) is 22.5 Å². The average Bonchev–Trinajstić information content (AvgIpc) is 3.37. The van der Waals surface area contributed by atoms with E-state index in [1.807, 2.05) is 13.8 Å². The third kappa shape index (κ3) is 5.92. The van der Waals surface area contributed by atoms with Crippen molar-refractivity contribution in [2.24, 2.45) is 0 Å². The number of aromatic nitrogens is 2. The van der Waals surface area contributed by atoms with Crippen LogP contribution in [0.1, 0.15) is 50.7 Å². The molecule has 1 saturated carbocycles. The number of hydrogen-bond donors (Lipinski definition) is 3. The molecule has 10 nitrogen and oxygen atoms in total. The highest BCUT2D eigenvalue weighted by molar-refractivity contribution is 7.89. The monoisotopic (exact) mass is 437 g/mol. The van der Waals surface area contributed by atoms with Crippen LogP contribution in [-0.2, 0) is 16.4 Å². The second-order valence-electron chi connectivity index (χ2n) is 7.44. The lowest BCUT2D eigenvalue weighted by molar-refractivity contribution is 0.251. The molecule has 1 fully saturated rings. The predicted octanol–water partition coefficient (Wildman–Crippen LogP) is 2.40. The number of carbonyl (C=O) groups excluding carboxylic acids is 1. The van der Waals surface area contributed by atoms with E-state index in [0.717, 1.165) is 12.8 Å². The van der Waals surface area contributed by atoms with E-state index in [4.69, 9.17) is 9.26 Å². The Bertz CT molecular complexity index is 985. The minimum absolute atomic E-state index is 0.00715. The van der Waals surface area contributed by atoms with E-state index in [9.17, 15) is 13.2 Å². The Labute approximate surface area is 175 Å². The molecule has 0 radical (unpaired) electrons. The first kappa shape index (κ1) is 22.0. The molecule has 0 atom stereocenters. The van der Waals surface area contributed by atoms with Crippen LogP contribution >= 0.6 is 0 Å². The standard InChI is InChI=1S/C19H27N5O5S/c1-12(2)18-22-17(29-23-18)5-4-10-20-19(25)21-15-11-14(8-9-16(15)28-3)30(26,27)24-13-6-7-13/h8-9,11-13,24H,4-7,10H2,1-3H3,(H2,20,21,25). The molecular formula is C19H27N5O5S. The molecule has 164 valence electrons. The Balaban J connectivity index is 1.53. The first-order valence-electron chi connectivity index (χ1n) is 9.86. The number of urea groups is 1. The molecular weight excluding hydrogens is 410 g/mol. The van der Waals surface area contributed by atoms with Crippen LogP contribution in [0.2, 0.25) is 0 Å². The van der Waals surface area contributed by atoms with Crippen LogP contribution in [0.25, 0.3) is 0 Å². The molecule has 0 spiro atoms. The first-order chi connectivity index (χ1) is 14.3. The minimum Gasteiger partial charge on any atom is -0.495 e. The number of ether oxygens (including phenoxy) is 1. The fourth-order valence-corrected chi connectivity index (χ4v) is 3.98. The summed E-state index contributed by atoms with van der Waals surface area (Å²) in [5.74, 6) is 1.75. The summed E-state index contributed by atoms with van der Waals surface area (Å²) in [4.78, 5) is 16.6. The normalized spacial score (nSPS) is 14.0. The van der Waals surface area contributed by atoms with E-state index in [1.54, 1.807) is 0 Å². The van der Waals surface area contributed by atoms with E-state index in [0.29, 0.717) is 36.9 Å². The number of anilines is 1. The summed E-state index contributed by atoms with van der Waals surface area (Å²) in [7, 11) is -2.19. The van der Waals surface area contributed by atoms with Gasteiger partial charge in [0, 0.05) is 24.9 Å². The quantitative estimate of drug-likeness (QED) is 0.486. The molecule has 1 aliphatic carbocycles. The van der Waals surface area contributed by atoms with Gasteiger partial charge in [-0.15, -0.1) is 0 Å². The fourth-order valence-electron chi connectivity index (χ4n) is 2.65. The van der Waals surface area contributed by atoms with Crippen LogP contribution in [0.4, 0.5) is 10.5 Å². The van der Waals surface area contributed by atoms with Crippen LogP contribution in [0.5, 0.6) is 5.75 Å². The summed E-state index contributed by atoms with van der Waals surface area (Å²) in [5.41, 5.74) is 0.271. The minimum atomic E-state index is -3.64. The van der Waals surface area contributed by atoms with Gasteiger partial charge >= 0.3 is 6.03 Å². The third-order valence-corrected chi connectivity index (χ3v) is 6.00. The van der Waals surface area contributed by atoms with E-state index < -0.39 is 16.1 Å². The van der Waals surface area contributed by atoms with Crippen LogP contribution in [0.3, 0.4) is 0 Å². The molecule has 2 amide bonds. The molecule has 3 N–H and O–H groups in total. The summed E-state index contributed by atoms with van der Waals surface area (Å²) in [6.45, 7) is 4.35. The van der Waals surface area contributed by atoms with Crippen molar-refractivity contribution in [3.63, 3.8) is 0 Å². The summed E-state index contributed by atoms with van der Waals surface area (Å²) >= 11 is 0. The lowest BCUT2D eigenvalue weighted by atomic mass is 10.2. The largest absolute Gasteiger partial charge is 0.495 e. The maximum atomic E-state index is 12.4. The number of nitrogens with zero attached hydrogens (tertiary/aromatic N) is 2. The Morgan fingerprint density at radius 2 is 2.10 bits per heavy atom. The van der Waals surface area contributed by atoms with Crippen LogP contribution < -0.4 is 20.1 Å². The van der Waals surface area contributed by atoms with Gasteiger partial charge in [-0.2, -0.15) is 4.98 Å². The van der Waals surface area contributed by atoms with Gasteiger partial charge in [0.25, 0.3) is 0 Å². The van der Waals surface area contributed by atoms with Crippen molar-refractivity contribution in [2.45, 2.75) is 56.4 Å². The second kappa shape index (κ2) is 9.43. The molecule has 2 aromatic rings. The zero-order chi connectivity index (χ0) is 21.7. The summed E-state index contributed by atoms with van der Waals surface area (Å²) in [6, 6.07) is 3.87. The van der Waals surface area contributed by atoms with Crippen LogP contribution in [0, 0.1) is 0 Å². The topological polar surface area (TPSA) is 135 Å². The fraction of sp³-hybridized carbons (Fsp3) is 0.526. The molecule has 30 heavy (non-hydrogen) atoms. The Morgan fingerprint density at radius 1 is 1.33 bits per heavy atom. The van der Waals surface area contributed by atoms with Crippen LogP contribution in [0.15, 0.2) is 27.6 Å². The van der Waals surface area contributed by atoms with Gasteiger partial charge in [-0.1, -0.05) is 19.0 Å². The highest BCUT2D eigenvalue weighted by Gasteiger charge is 2.28. The Hall–Kier alpha value is -2.66. The van der Waals surface area contributed by atoms with E-state index in [1.165, 1.54) is 25.3 Å². The Kier molecular flexibility index (Phi) is 6.93. The highest BCUT2D eigenvalue weighted by atomic mass is 32.2. The van der Waals surface area contributed by atoms with Crippen molar-refractivity contribution in [3.05, 3.63) is 29.9 Å². The molecule has 3 rings (SSSR count). The zero-order valence-electron chi connectivity index (χ0n) is 17.3. The third-order valence-electron chi connectivity index (χ3n) is 4.48. The molecule has 1 heterocycles. The molecule has 0 saturated heterocycles. The molecule has 0 aliphatic heterocycles. The Morgan fingerprint density at radius 3 is 2.73 bits per heavy atom. The van der Waals surface area contributed by atoms with Crippen molar-refractivity contribution < 1.29 is 22.5 Å². The molecule has 1 aromatic carbocycles. The van der Waals surface area contributed by atoms with Gasteiger partial charge in [0.05, 0.1) is 17.7 Å². The SMILES string of the molecule is COc1ccc(S(=O)(=O)NC2CC2)cc1NC(=O)NCCCc1nc(C(C)C)no1. The predicted molar refractivity (Wildman–Crippen MR) is 110 cm³/mol. The smallest absolute Gasteiger partial charge is 0.319 e. The van der Waals surface area contributed by atoms with Gasteiger partial charge in [0.15, 0.2) is 5.82 Å². The number of methoxy groups -OCH3 is 1. The maximum absolute atomic E-state index is 12.4. The van der Waals surface area contributed by atoms with Crippen molar-refractivity contribution in [1.82, 2.24) is 20.2 Å². The lowest BCUT2D eigenvalue weighted by Crippen LogP contribution is -2.30. The lowest BCUT2D eigenvalue weighted by Gasteiger charge is -2.13. The summed E-state index contributed by atoms with van der Waals surface area (Å²) in [5, 5.41) is 9.26. The number of hydrogen-bond acceptors (Lipinski definition) is 7. The average molecular weight is 438 g/mol. The van der Waals surface area contributed by atoms with Gasteiger partial charge in [-0.05, 0) is 37.5 Å². The van der Waals surface area contributed by atoms with Crippen molar-refractivity contribution in [1.29, 1.82) is 0 Å². The van der Waals surface area contributed by atoms with Crippen molar-refractivity contribution in [3.8, 4) is 5.75 Å². The zero-order valence-corrected chi connectivity index (χ0v) is 18.1. The molecule has 1 aromatic heterocycles. The van der Waals surface area contributed by atoms with Gasteiger partial charge in [0.2, 0.25) is 15.9 Å². The molecule has 0 bridgehead atoms. The van der Waals surface area contributed by atoms with Crippen molar-refractivity contribution >= 4 is 21.7 Å². The molecule has 0 unspecified atom stereocenters. The number of benzene rings is 1. The first-order valence-corrected chi connectivity index (χ1v) is 11.3. The van der Waals surface area contributed by atoms with Crippen LogP contribution in [-0.4, -0.2) is 44.3 Å². The van der Waals surface area contributed by atoms with E-state index >= 15 is 0 Å². The second-order valence-corrected chi connectivity index (χ2v) is 9.16. The van der Waals surface area contributed by atoms with E-state index in [2.05, 4.69) is 25.5 Å². The number of carbonyl (C=O) groups is 1. The van der Waals surface area contributed by atoms with Crippen molar-refractivity contribution in [2.75, 3.05) is 19.0 Å². The van der Waals surface area contributed by atoms with Gasteiger partial charge in [0.1, 0.15) is 5.75 Å². The summed E-state index contributed by atoms with van der Waals surface area (Å²) in [6.07, 6.45) is 2.84. The number of rotatable bonds is 10. The number of nitrogens with one attached hydrogen (secondary N) is 3. The maximum Gasteiger partial charge on any atom is 0.319 e.